The maximum atomic E-state index is 6.13. The van der Waals surface area contributed by atoms with Crippen LogP contribution in [-0.4, -0.2) is 27.3 Å². The number of unbranched alkanes of at least 4 members (excludes halogenated alkanes) is 2. The highest BCUT2D eigenvalue weighted by Crippen LogP contribution is 2.27. The minimum absolute atomic E-state index is 0.559. The van der Waals surface area contributed by atoms with Crippen molar-refractivity contribution in [1.82, 2.24) is 19.3 Å². The summed E-state index contributed by atoms with van der Waals surface area (Å²) < 4.78 is 5.69. The highest BCUT2D eigenvalue weighted by Gasteiger charge is 2.17. The number of nitrogens with two attached hydrogens (primary N) is 1. The molecule has 23 heavy (non-hydrogen) atoms. The quantitative estimate of drug-likeness (QED) is 0.541. The van der Waals surface area contributed by atoms with Gasteiger partial charge in [0.25, 0.3) is 0 Å². The van der Waals surface area contributed by atoms with Crippen molar-refractivity contribution in [3.8, 4) is 0 Å². The number of nitrogens with one attached hydrogen (secondary N) is 1. The fourth-order valence-corrected chi connectivity index (χ4v) is 3.23. The van der Waals surface area contributed by atoms with Crippen LogP contribution in [0.3, 0.4) is 0 Å². The summed E-state index contributed by atoms with van der Waals surface area (Å²) in [7, 11) is 0. The number of hydrogen-bond donors (Lipinski definition) is 2. The molecule has 5 nitrogen and oxygen atoms in total. The minimum atomic E-state index is 0.559. The molecule has 0 aliphatic heterocycles. The zero-order valence-corrected chi connectivity index (χ0v) is 15.6. The number of aryl methyl sites for hydroxylation is 4. The van der Waals surface area contributed by atoms with E-state index in [9.17, 15) is 0 Å². The smallest absolute Gasteiger partial charge is 0.151 e. The Morgan fingerprint density at radius 2 is 1.96 bits per heavy atom. The van der Waals surface area contributed by atoms with Crippen LogP contribution in [0, 0.1) is 13.8 Å². The van der Waals surface area contributed by atoms with Crippen LogP contribution >= 0.6 is 11.9 Å². The lowest BCUT2D eigenvalue weighted by molar-refractivity contribution is 0.587. The number of nitrogens with zero attached hydrogens (tertiary/aromatic N) is 3. The van der Waals surface area contributed by atoms with Crippen LogP contribution in [0.15, 0.2) is 0 Å². The van der Waals surface area contributed by atoms with E-state index < -0.39 is 0 Å². The summed E-state index contributed by atoms with van der Waals surface area (Å²) in [5.74, 6) is 1.71. The molecule has 2 heterocycles. The van der Waals surface area contributed by atoms with Crippen molar-refractivity contribution in [3.63, 3.8) is 0 Å². The topological polar surface area (TPSA) is 68.8 Å². The van der Waals surface area contributed by atoms with Crippen LogP contribution in [0.4, 0.5) is 5.82 Å². The van der Waals surface area contributed by atoms with Gasteiger partial charge in [-0.1, -0.05) is 25.3 Å². The van der Waals surface area contributed by atoms with Gasteiger partial charge in [-0.25, -0.2) is 9.97 Å². The molecule has 0 unspecified atom stereocenters. The number of pyridine rings is 1. The molecule has 0 amide bonds. The van der Waals surface area contributed by atoms with Crippen molar-refractivity contribution in [1.29, 1.82) is 0 Å². The molecular weight excluding hydrogens is 306 g/mol. The summed E-state index contributed by atoms with van der Waals surface area (Å²) in [6.07, 6.45) is 7.70. The lowest BCUT2D eigenvalue weighted by atomic mass is 10.2. The molecule has 0 aromatic carbocycles. The van der Waals surface area contributed by atoms with Gasteiger partial charge in [0.05, 0.1) is 5.52 Å². The number of fused-ring (bicyclic) bond motifs is 1. The molecule has 0 saturated heterocycles. The van der Waals surface area contributed by atoms with E-state index in [1.165, 1.54) is 17.5 Å². The molecule has 6 heteroatoms. The highest BCUT2D eigenvalue weighted by molar-refractivity contribution is 7.96. The molecular formula is C17H29N5S. The lowest BCUT2D eigenvalue weighted by Crippen LogP contribution is -2.09. The van der Waals surface area contributed by atoms with E-state index in [2.05, 4.69) is 34.4 Å². The summed E-state index contributed by atoms with van der Waals surface area (Å²) in [5, 5.41) is 0. The average Bonchev–Trinajstić information content (AvgIpc) is 2.90. The Hall–Kier alpha value is -1.27. The van der Waals surface area contributed by atoms with E-state index in [0.29, 0.717) is 5.82 Å². The van der Waals surface area contributed by atoms with Gasteiger partial charge in [-0.05, 0) is 44.9 Å². The molecule has 128 valence electrons. The number of anilines is 1. The van der Waals surface area contributed by atoms with E-state index >= 15 is 0 Å². The molecule has 0 spiro atoms. The molecule has 0 bridgehead atoms. The first-order valence-electron chi connectivity index (χ1n) is 8.47. The van der Waals surface area contributed by atoms with Crippen molar-refractivity contribution in [2.75, 3.05) is 18.5 Å². The largest absolute Gasteiger partial charge is 0.382 e. The van der Waals surface area contributed by atoms with Crippen molar-refractivity contribution < 1.29 is 0 Å². The fraction of sp³-hybridized carbons (Fsp3) is 0.647. The Kier molecular flexibility index (Phi) is 6.72. The first-order chi connectivity index (χ1) is 11.1. The maximum absolute atomic E-state index is 6.13. The number of hydrogen-bond acceptors (Lipinski definition) is 5. The number of rotatable bonds is 9. The molecule has 2 aromatic rings. The molecule has 3 N–H and O–H groups in total. The maximum Gasteiger partial charge on any atom is 0.151 e. The summed E-state index contributed by atoms with van der Waals surface area (Å²) >= 11 is 1.68. The Morgan fingerprint density at radius 1 is 1.17 bits per heavy atom. The monoisotopic (exact) mass is 335 g/mol. The van der Waals surface area contributed by atoms with Crippen LogP contribution in [0.1, 0.15) is 49.7 Å². The van der Waals surface area contributed by atoms with E-state index in [1.54, 1.807) is 11.9 Å². The van der Waals surface area contributed by atoms with Gasteiger partial charge in [0.1, 0.15) is 11.3 Å². The molecule has 0 aliphatic carbocycles. The molecule has 2 aromatic heterocycles. The van der Waals surface area contributed by atoms with E-state index in [0.717, 1.165) is 55.8 Å². The van der Waals surface area contributed by atoms with Gasteiger partial charge in [-0.15, -0.1) is 0 Å². The second kappa shape index (κ2) is 8.55. The fourth-order valence-electron chi connectivity index (χ4n) is 2.88. The summed E-state index contributed by atoms with van der Waals surface area (Å²) in [6, 6.07) is 0. The zero-order chi connectivity index (χ0) is 16.8. The molecule has 0 radical (unpaired) electrons. The molecule has 0 aliphatic rings. The first-order valence-corrected chi connectivity index (χ1v) is 9.70. The van der Waals surface area contributed by atoms with Gasteiger partial charge in [0.15, 0.2) is 5.82 Å². The summed E-state index contributed by atoms with van der Waals surface area (Å²) in [4.78, 5) is 9.27. The third-order valence-corrected chi connectivity index (χ3v) is 4.78. The molecule has 0 saturated carbocycles. The predicted molar refractivity (Wildman–Crippen MR) is 101 cm³/mol. The zero-order valence-electron chi connectivity index (χ0n) is 14.8. The van der Waals surface area contributed by atoms with Crippen molar-refractivity contribution >= 4 is 28.8 Å². The number of nitrogen functional groups attached to an aromatic ring is 1. The number of imidazole rings is 1. The van der Waals surface area contributed by atoms with E-state index in [4.69, 9.17) is 10.7 Å². The van der Waals surface area contributed by atoms with Gasteiger partial charge in [0, 0.05) is 25.2 Å². The average molecular weight is 336 g/mol. The Balaban J connectivity index is 2.33. The predicted octanol–water partition coefficient (Wildman–Crippen LogP) is 3.62. The van der Waals surface area contributed by atoms with Crippen molar-refractivity contribution in [2.24, 2.45) is 0 Å². The Morgan fingerprint density at radius 3 is 2.65 bits per heavy atom. The molecule has 2 rings (SSSR count). The SMILES string of the molecule is CCCCc1nc2c(N)nc(C)c(C)c2n1CCCCNSC. The minimum Gasteiger partial charge on any atom is -0.382 e. The van der Waals surface area contributed by atoms with Gasteiger partial charge in [-0.3, -0.25) is 4.72 Å². The van der Waals surface area contributed by atoms with Gasteiger partial charge >= 0.3 is 0 Å². The standard InChI is InChI=1S/C17H29N5S/c1-5-6-9-14-21-15-16(12(2)13(3)20-17(15)18)22(14)11-8-7-10-19-23-4/h19H,5-11H2,1-4H3,(H2,18,20). The highest BCUT2D eigenvalue weighted by atomic mass is 32.2. The van der Waals surface area contributed by atoms with Crippen LogP contribution in [0.25, 0.3) is 11.0 Å². The normalized spacial score (nSPS) is 11.5. The second-order valence-electron chi connectivity index (χ2n) is 5.99. The van der Waals surface area contributed by atoms with Crippen LogP contribution in [0.2, 0.25) is 0 Å². The van der Waals surface area contributed by atoms with E-state index in [-0.39, 0.29) is 0 Å². The lowest BCUT2D eigenvalue weighted by Gasteiger charge is -2.12. The first kappa shape index (κ1) is 18.1. The van der Waals surface area contributed by atoms with Gasteiger partial charge in [0.2, 0.25) is 0 Å². The van der Waals surface area contributed by atoms with Gasteiger partial charge in [-0.2, -0.15) is 0 Å². The van der Waals surface area contributed by atoms with Crippen LogP contribution in [-0.2, 0) is 13.0 Å². The second-order valence-corrected chi connectivity index (χ2v) is 6.69. The van der Waals surface area contributed by atoms with E-state index in [1.807, 2.05) is 6.92 Å². The Bertz CT molecular complexity index is 650. The summed E-state index contributed by atoms with van der Waals surface area (Å²) in [6.45, 7) is 8.40. The Labute approximate surface area is 143 Å². The number of aromatic nitrogens is 3. The van der Waals surface area contributed by atoms with Gasteiger partial charge < -0.3 is 10.3 Å². The third-order valence-electron chi connectivity index (χ3n) is 4.28. The van der Waals surface area contributed by atoms with Crippen molar-refractivity contribution in [3.05, 3.63) is 17.1 Å². The van der Waals surface area contributed by atoms with Crippen LogP contribution in [0.5, 0.6) is 0 Å². The van der Waals surface area contributed by atoms with Crippen LogP contribution < -0.4 is 10.5 Å². The third kappa shape index (κ3) is 4.18. The molecule has 0 fully saturated rings. The van der Waals surface area contributed by atoms with Crippen molar-refractivity contribution in [2.45, 2.75) is 59.4 Å². The molecule has 0 atom stereocenters. The summed E-state index contributed by atoms with van der Waals surface area (Å²) in [5.41, 5.74) is 10.4.